The fraction of sp³-hybridized carbons (Fsp3) is 0.0882. The van der Waals surface area contributed by atoms with Crippen molar-refractivity contribution in [2.24, 2.45) is 0 Å². The van der Waals surface area contributed by atoms with Crippen LogP contribution >= 0.6 is 0 Å². The zero-order chi connectivity index (χ0) is 50.3. The van der Waals surface area contributed by atoms with Crippen LogP contribution in [-0.2, 0) is 54.0 Å². The molecule has 0 aliphatic heterocycles. The first-order valence-corrected chi connectivity index (χ1v) is 25.0. The molecule has 0 radical (unpaired) electrons. The second kappa shape index (κ2) is 24.2. The van der Waals surface area contributed by atoms with E-state index in [1.54, 1.807) is 0 Å². The summed E-state index contributed by atoms with van der Waals surface area (Å²) < 4.78 is 0. The third-order valence-electron chi connectivity index (χ3n) is 13.1. The molecule has 0 unspecified atom stereocenters. The summed E-state index contributed by atoms with van der Waals surface area (Å²) in [5, 5.41) is 2.29. The normalized spacial score (nSPS) is 11.5. The van der Waals surface area contributed by atoms with Gasteiger partial charge in [0.25, 0.3) is 0 Å². The van der Waals surface area contributed by atoms with Gasteiger partial charge in [-0.3, -0.25) is 0 Å². The Kier molecular flexibility index (Phi) is 16.9. The van der Waals surface area contributed by atoms with E-state index in [4.69, 9.17) is 9.97 Å². The summed E-state index contributed by atoms with van der Waals surface area (Å²) in [6, 6.07) is 82.9. The van der Waals surface area contributed by atoms with Gasteiger partial charge in [-0.25, -0.2) is 0 Å². The van der Waals surface area contributed by atoms with Gasteiger partial charge < -0.3 is 29.7 Å². The van der Waals surface area contributed by atoms with Gasteiger partial charge in [-0.05, 0) is 128 Å². The first-order chi connectivity index (χ1) is 36.3. The van der Waals surface area contributed by atoms with Gasteiger partial charge in [-0.2, -0.15) is 0 Å². The molecule has 374 valence electrons. The van der Waals surface area contributed by atoms with Crippen molar-refractivity contribution < 1.29 is 42.1 Å². The van der Waals surface area contributed by atoms with Gasteiger partial charge in [-0.1, -0.05) is 124 Å². The van der Waals surface area contributed by atoms with Crippen molar-refractivity contribution in [1.82, 2.24) is 19.9 Å². The molecule has 6 nitrogen and oxygen atoms in total. The molecule has 12 rings (SSSR count). The van der Waals surface area contributed by atoms with Crippen LogP contribution in [0.3, 0.4) is 0 Å². The summed E-state index contributed by atoms with van der Waals surface area (Å²) in [5.74, 6) is 0. The monoisotopic (exact) mass is 1340 g/mol. The molecule has 0 fully saturated rings. The topological polar surface area (TPSA) is 58.0 Å². The number of benzene rings is 7. The van der Waals surface area contributed by atoms with Crippen molar-refractivity contribution in [1.29, 1.82) is 0 Å². The molecule has 4 aromatic heterocycles. The Morgan fingerprint density at radius 3 is 1.38 bits per heavy atom. The van der Waals surface area contributed by atoms with Crippen LogP contribution in [0.2, 0.25) is 0 Å². The summed E-state index contributed by atoms with van der Waals surface area (Å²) in [4.78, 5) is 22.9. The van der Waals surface area contributed by atoms with E-state index in [-0.39, 0.29) is 47.5 Å². The number of aryl methyl sites for hydroxylation is 1. The van der Waals surface area contributed by atoms with Gasteiger partial charge in [0.05, 0.1) is 0 Å². The van der Waals surface area contributed by atoms with E-state index < -0.39 is 0 Å². The van der Waals surface area contributed by atoms with Crippen LogP contribution in [0, 0.1) is 24.3 Å². The zero-order valence-electron chi connectivity index (χ0n) is 42.2. The van der Waals surface area contributed by atoms with E-state index in [0.29, 0.717) is 0 Å². The number of pyridine rings is 4. The maximum atomic E-state index is 4.77. The van der Waals surface area contributed by atoms with Crippen molar-refractivity contribution >= 4 is 51.0 Å². The zero-order valence-corrected chi connectivity index (χ0v) is 46.8. The number of fused-ring (bicyclic) bond motifs is 2. The fourth-order valence-corrected chi connectivity index (χ4v) is 9.20. The van der Waals surface area contributed by atoms with Gasteiger partial charge in [0.2, 0.25) is 0 Å². The molecule has 0 atom stereocenters. The number of para-hydroxylation sites is 1. The van der Waals surface area contributed by atoms with E-state index in [9.17, 15) is 0 Å². The Morgan fingerprint density at radius 1 is 0.408 bits per heavy atom. The average Bonchev–Trinajstić information content (AvgIpc) is 3.46. The van der Waals surface area contributed by atoms with Crippen molar-refractivity contribution in [2.45, 2.75) is 39.0 Å². The Hall–Kier alpha value is -7.88. The number of anilines is 6. The Bertz CT molecular complexity index is 3650. The first-order valence-electron chi connectivity index (χ1n) is 25.0. The molecule has 0 bridgehead atoms. The molecule has 8 heteroatoms. The number of hydrogen-bond donors (Lipinski definition) is 0. The van der Waals surface area contributed by atoms with Crippen molar-refractivity contribution in [3.05, 3.63) is 272 Å². The van der Waals surface area contributed by atoms with E-state index in [0.717, 1.165) is 103 Å². The fourth-order valence-electron chi connectivity index (χ4n) is 9.20. The molecule has 7 aromatic carbocycles. The van der Waals surface area contributed by atoms with Crippen LogP contribution < -0.4 is 9.80 Å². The molecule has 0 amide bonds. The molecule has 76 heavy (non-hydrogen) atoms. The Balaban J connectivity index is 0.000000182. The maximum absolute atomic E-state index is 4.77. The summed E-state index contributed by atoms with van der Waals surface area (Å²) >= 11 is 0. The number of aromatic nitrogens is 4. The van der Waals surface area contributed by atoms with Crippen molar-refractivity contribution in [3.8, 4) is 45.0 Å². The minimum Gasteiger partial charge on any atom is -0.346 e. The molecule has 11 aromatic rings. The number of hydrogen-bond acceptors (Lipinski definition) is 6. The standard InChI is InChI=1S/C36H25N3.C32H27N3.2Pt/c1-2-16-32(17-3-1)39(33-18-8-14-28(20-33)35-22-26-10-4-6-12-30(26)24-37-35)34-19-9-15-29(21-34)36-23-27-11-5-7-13-31(27)25-38-36;1-32(2,3)26-16-18-27(19-17-26)35(28-12-8-10-24(22-28)30-14-4-6-20-33-30)29-13-9-11-25(23-29)31-15-5-7-21-34-31;;/h1-4,6-10,12-19,22-25H,5,11H2;4-21H,1-3H3;;/q2*-2;2*+2. The quantitative estimate of drug-likeness (QED) is 0.127. The predicted molar refractivity (Wildman–Crippen MR) is 304 cm³/mol. The van der Waals surface area contributed by atoms with Crippen molar-refractivity contribution in [2.75, 3.05) is 9.80 Å². The molecule has 0 spiro atoms. The third kappa shape index (κ3) is 12.1. The Morgan fingerprint density at radius 2 is 0.868 bits per heavy atom. The van der Waals surface area contributed by atoms with Crippen LogP contribution in [0.25, 0.3) is 61.9 Å². The number of nitrogens with zero attached hydrogens (tertiary/aromatic N) is 6. The molecule has 1 aliphatic carbocycles. The summed E-state index contributed by atoms with van der Waals surface area (Å²) in [6.07, 6.45) is 14.0. The van der Waals surface area contributed by atoms with Crippen LogP contribution in [0.5, 0.6) is 0 Å². The van der Waals surface area contributed by atoms with Gasteiger partial charge in [-0.15, -0.1) is 119 Å². The second-order valence-electron chi connectivity index (χ2n) is 19.2. The first kappa shape index (κ1) is 53.0. The van der Waals surface area contributed by atoms with Crippen LogP contribution in [0.15, 0.2) is 231 Å². The molecular formula is C68H52N6Pt2. The molecule has 0 saturated heterocycles. The van der Waals surface area contributed by atoms with E-state index in [1.807, 2.05) is 85.5 Å². The predicted octanol–water partition coefficient (Wildman–Crippen LogP) is 17.2. The number of allylic oxidation sites excluding steroid dienone is 1. The molecule has 0 saturated carbocycles. The van der Waals surface area contributed by atoms with E-state index in [1.165, 1.54) is 16.7 Å². The molecule has 4 heterocycles. The Labute approximate surface area is 475 Å². The van der Waals surface area contributed by atoms with Gasteiger partial charge in [0, 0.05) is 36.2 Å². The van der Waals surface area contributed by atoms with E-state index in [2.05, 4.69) is 216 Å². The molecular weight excluding hydrogens is 1290 g/mol. The van der Waals surface area contributed by atoms with Crippen LogP contribution in [0.1, 0.15) is 43.9 Å². The summed E-state index contributed by atoms with van der Waals surface area (Å²) in [7, 11) is 0. The molecule has 1 aliphatic rings. The minimum absolute atomic E-state index is 0. The molecule has 0 N–H and O–H groups in total. The van der Waals surface area contributed by atoms with E-state index >= 15 is 0 Å². The minimum atomic E-state index is 0. The summed E-state index contributed by atoms with van der Waals surface area (Å²) in [5.41, 5.74) is 17.1. The van der Waals surface area contributed by atoms with Crippen LogP contribution in [-0.4, -0.2) is 19.9 Å². The summed E-state index contributed by atoms with van der Waals surface area (Å²) in [6.45, 7) is 6.69. The van der Waals surface area contributed by atoms with Crippen molar-refractivity contribution in [3.63, 3.8) is 0 Å². The third-order valence-corrected chi connectivity index (χ3v) is 13.1. The second-order valence-corrected chi connectivity index (χ2v) is 19.2. The smallest absolute Gasteiger partial charge is 0.346 e. The largest absolute Gasteiger partial charge is 2.00 e. The van der Waals surface area contributed by atoms with Gasteiger partial charge >= 0.3 is 42.1 Å². The van der Waals surface area contributed by atoms with Gasteiger partial charge in [0.1, 0.15) is 0 Å². The number of rotatable bonds is 10. The average molecular weight is 1340 g/mol. The van der Waals surface area contributed by atoms with Crippen LogP contribution in [0.4, 0.5) is 34.1 Å². The van der Waals surface area contributed by atoms with Gasteiger partial charge in [0.15, 0.2) is 0 Å². The SMILES string of the molecule is CC(C)(C)c1ccc(N(c2[c-]c(-c3ccccn3)ccc2)c2[c-]c(-c3ccccn3)ccc2)cc1.[Pt+2].[Pt+2].[c-]1c(-c2cc3c(cn2)C=CCC3)cccc1N(c1[c-]c(-c2cc3ccccc3cn2)ccc1)c1ccccc1. The maximum Gasteiger partial charge on any atom is 2.00 e.